The minimum absolute atomic E-state index is 0.0564. The van der Waals surface area contributed by atoms with Crippen LogP contribution in [0.3, 0.4) is 0 Å². The highest BCUT2D eigenvalue weighted by Gasteiger charge is 2.27. The van der Waals surface area contributed by atoms with Crippen LogP contribution in [0.5, 0.6) is 0 Å². The Balaban J connectivity index is 1.71. The van der Waals surface area contributed by atoms with Gasteiger partial charge in [-0.1, -0.05) is 6.92 Å². The molecular weight excluding hydrogens is 328 g/mol. The van der Waals surface area contributed by atoms with Gasteiger partial charge < -0.3 is 14.6 Å². The lowest BCUT2D eigenvalue weighted by Crippen LogP contribution is -2.42. The van der Waals surface area contributed by atoms with Crippen molar-refractivity contribution in [1.29, 1.82) is 0 Å². The van der Waals surface area contributed by atoms with Crippen molar-refractivity contribution in [1.82, 2.24) is 15.2 Å². The van der Waals surface area contributed by atoms with Gasteiger partial charge in [0, 0.05) is 26.8 Å². The van der Waals surface area contributed by atoms with Crippen molar-refractivity contribution >= 4 is 11.7 Å². The Morgan fingerprint density at radius 1 is 1.35 bits per heavy atom. The summed E-state index contributed by atoms with van der Waals surface area (Å²) in [4.78, 5) is 21.3. The van der Waals surface area contributed by atoms with Gasteiger partial charge in [-0.3, -0.25) is 9.69 Å². The van der Waals surface area contributed by atoms with Gasteiger partial charge in [-0.2, -0.15) is 0 Å². The van der Waals surface area contributed by atoms with Crippen molar-refractivity contribution in [2.24, 2.45) is 5.92 Å². The summed E-state index contributed by atoms with van der Waals surface area (Å²) in [6.07, 6.45) is 5.76. The molecule has 1 N–H and O–H groups in total. The molecule has 1 fully saturated rings. The Morgan fingerprint density at radius 2 is 2.12 bits per heavy atom. The average Bonchev–Trinajstić information content (AvgIpc) is 3.17. The van der Waals surface area contributed by atoms with Gasteiger partial charge in [-0.25, -0.2) is 4.98 Å². The van der Waals surface area contributed by atoms with E-state index in [1.54, 1.807) is 18.5 Å². The first-order valence-corrected chi connectivity index (χ1v) is 9.24. The van der Waals surface area contributed by atoms with Crippen LogP contribution in [0.2, 0.25) is 0 Å². The number of amides is 1. The van der Waals surface area contributed by atoms with E-state index in [-0.39, 0.29) is 11.9 Å². The van der Waals surface area contributed by atoms with Gasteiger partial charge in [0.15, 0.2) is 0 Å². The Hall–Kier alpha value is -2.34. The van der Waals surface area contributed by atoms with Crippen molar-refractivity contribution in [2.45, 2.75) is 25.8 Å². The molecule has 1 atom stereocenters. The third-order valence-corrected chi connectivity index (χ3v) is 5.04. The van der Waals surface area contributed by atoms with Crippen LogP contribution in [-0.2, 0) is 0 Å². The van der Waals surface area contributed by atoms with Crippen LogP contribution in [-0.4, -0.2) is 49.5 Å². The van der Waals surface area contributed by atoms with Gasteiger partial charge in [0.05, 0.1) is 17.9 Å². The number of nitrogens with one attached hydrogen (secondary N) is 1. The topological polar surface area (TPSA) is 61.6 Å². The lowest BCUT2D eigenvalue weighted by atomic mass is 9.97. The molecule has 140 valence electrons. The number of furan rings is 1. The van der Waals surface area contributed by atoms with Gasteiger partial charge in [0.2, 0.25) is 0 Å². The van der Waals surface area contributed by atoms with Crippen molar-refractivity contribution in [2.75, 3.05) is 38.6 Å². The molecule has 3 rings (SSSR count). The number of hydrogen-bond acceptors (Lipinski definition) is 5. The highest BCUT2D eigenvalue weighted by Crippen LogP contribution is 2.27. The number of pyridine rings is 1. The molecule has 0 saturated carbocycles. The highest BCUT2D eigenvalue weighted by atomic mass is 16.3. The monoisotopic (exact) mass is 356 g/mol. The van der Waals surface area contributed by atoms with Crippen LogP contribution >= 0.6 is 0 Å². The van der Waals surface area contributed by atoms with Crippen LogP contribution in [0.4, 0.5) is 5.82 Å². The molecule has 1 amide bonds. The van der Waals surface area contributed by atoms with Crippen molar-refractivity contribution in [3.05, 3.63) is 48.0 Å². The number of carbonyl (C=O) groups is 1. The second-order valence-electron chi connectivity index (χ2n) is 7.23. The summed E-state index contributed by atoms with van der Waals surface area (Å²) in [6.45, 7) is 4.87. The number of nitrogens with zero attached hydrogens (tertiary/aromatic N) is 3. The zero-order valence-electron chi connectivity index (χ0n) is 15.8. The molecule has 0 radical (unpaired) electrons. The molecule has 0 aliphatic carbocycles. The van der Waals surface area contributed by atoms with E-state index >= 15 is 0 Å². The Bertz CT molecular complexity index is 706. The molecule has 2 aromatic heterocycles. The van der Waals surface area contributed by atoms with Crippen molar-refractivity contribution in [3.8, 4) is 0 Å². The molecule has 0 spiro atoms. The molecule has 2 aromatic rings. The number of carbonyl (C=O) groups excluding carboxylic acids is 1. The summed E-state index contributed by atoms with van der Waals surface area (Å²) >= 11 is 0. The zero-order chi connectivity index (χ0) is 18.5. The van der Waals surface area contributed by atoms with Crippen molar-refractivity contribution in [3.63, 3.8) is 0 Å². The molecule has 1 aliphatic rings. The number of rotatable bonds is 6. The first-order valence-electron chi connectivity index (χ1n) is 9.24. The van der Waals surface area contributed by atoms with Gasteiger partial charge >= 0.3 is 0 Å². The smallest absolute Gasteiger partial charge is 0.255 e. The largest absolute Gasteiger partial charge is 0.468 e. The predicted molar refractivity (Wildman–Crippen MR) is 102 cm³/mol. The van der Waals surface area contributed by atoms with E-state index in [0.717, 1.165) is 24.8 Å². The molecule has 0 bridgehead atoms. The van der Waals surface area contributed by atoms with E-state index in [1.165, 1.54) is 12.8 Å². The summed E-state index contributed by atoms with van der Waals surface area (Å²) < 4.78 is 5.66. The third-order valence-electron chi connectivity index (χ3n) is 5.04. The van der Waals surface area contributed by atoms with E-state index in [9.17, 15) is 4.79 Å². The number of hydrogen-bond donors (Lipinski definition) is 1. The van der Waals surface area contributed by atoms with Gasteiger partial charge in [0.1, 0.15) is 11.6 Å². The SMILES string of the molecule is CC1CCN(C(CNC(=O)c2cccnc2N(C)C)c2ccco2)CC1. The highest BCUT2D eigenvalue weighted by molar-refractivity contribution is 5.98. The Kier molecular flexibility index (Phi) is 5.93. The minimum atomic E-state index is -0.108. The molecule has 6 heteroatoms. The van der Waals surface area contributed by atoms with Crippen molar-refractivity contribution < 1.29 is 9.21 Å². The third kappa shape index (κ3) is 4.25. The molecule has 1 saturated heterocycles. The van der Waals surface area contributed by atoms with Crippen LogP contribution in [0.1, 0.15) is 41.9 Å². The fraction of sp³-hybridized carbons (Fsp3) is 0.500. The summed E-state index contributed by atoms with van der Waals surface area (Å²) in [7, 11) is 3.78. The van der Waals surface area contributed by atoms with Crippen LogP contribution in [0.25, 0.3) is 0 Å². The Morgan fingerprint density at radius 3 is 2.77 bits per heavy atom. The van der Waals surface area contributed by atoms with Gasteiger partial charge in [-0.15, -0.1) is 0 Å². The second kappa shape index (κ2) is 8.36. The lowest BCUT2D eigenvalue weighted by Gasteiger charge is -2.35. The molecule has 26 heavy (non-hydrogen) atoms. The molecule has 1 aliphatic heterocycles. The van der Waals surface area contributed by atoms with E-state index < -0.39 is 0 Å². The summed E-state index contributed by atoms with van der Waals surface area (Å²) in [6, 6.07) is 7.55. The van der Waals surface area contributed by atoms with E-state index in [4.69, 9.17) is 4.42 Å². The summed E-state index contributed by atoms with van der Waals surface area (Å²) in [5.41, 5.74) is 0.586. The maximum Gasteiger partial charge on any atom is 0.255 e. The first-order chi connectivity index (χ1) is 12.6. The minimum Gasteiger partial charge on any atom is -0.468 e. The summed E-state index contributed by atoms with van der Waals surface area (Å²) in [5, 5.41) is 3.08. The number of aromatic nitrogens is 1. The first kappa shape index (κ1) is 18.5. The molecule has 3 heterocycles. The van der Waals surface area contributed by atoms with E-state index in [2.05, 4.69) is 22.1 Å². The second-order valence-corrected chi connectivity index (χ2v) is 7.23. The fourth-order valence-electron chi connectivity index (χ4n) is 3.45. The maximum absolute atomic E-state index is 12.8. The lowest BCUT2D eigenvalue weighted by molar-refractivity contribution is 0.0896. The zero-order valence-corrected chi connectivity index (χ0v) is 15.8. The molecule has 0 aromatic carbocycles. The Labute approximate surface area is 155 Å². The summed E-state index contributed by atoms with van der Waals surface area (Å²) in [5.74, 6) is 2.23. The molecule has 6 nitrogen and oxygen atoms in total. The fourth-order valence-corrected chi connectivity index (χ4v) is 3.45. The van der Waals surface area contributed by atoms with Crippen LogP contribution in [0.15, 0.2) is 41.1 Å². The predicted octanol–water partition coefficient (Wildman–Crippen LogP) is 2.94. The van der Waals surface area contributed by atoms with Gasteiger partial charge in [-0.05, 0) is 56.1 Å². The number of likely N-dealkylation sites (tertiary alicyclic amines) is 1. The van der Waals surface area contributed by atoms with Gasteiger partial charge in [0.25, 0.3) is 5.91 Å². The van der Waals surface area contributed by atoms with E-state index in [1.807, 2.05) is 37.2 Å². The normalized spacial score (nSPS) is 17.0. The average molecular weight is 356 g/mol. The number of piperidine rings is 1. The molecule has 1 unspecified atom stereocenters. The van der Waals surface area contributed by atoms with E-state index in [0.29, 0.717) is 17.9 Å². The quantitative estimate of drug-likeness (QED) is 0.862. The maximum atomic E-state index is 12.8. The number of anilines is 1. The molecular formula is C20H28N4O2. The van der Waals surface area contributed by atoms with Crippen LogP contribution in [0, 0.1) is 5.92 Å². The van der Waals surface area contributed by atoms with Crippen LogP contribution < -0.4 is 10.2 Å². The standard InChI is InChI=1S/C20H28N4O2/c1-15-8-11-24(12-9-15)17(18-7-5-13-26-18)14-22-20(25)16-6-4-10-21-19(16)23(2)3/h4-7,10,13,15,17H,8-9,11-12,14H2,1-3H3,(H,22,25).